The second kappa shape index (κ2) is 6.02. The van der Waals surface area contributed by atoms with E-state index in [1.807, 2.05) is 0 Å². The second-order valence-corrected chi connectivity index (χ2v) is 8.27. The van der Waals surface area contributed by atoms with Gasteiger partial charge in [-0.15, -0.1) is 0 Å². The molecule has 2 aromatic rings. The van der Waals surface area contributed by atoms with Gasteiger partial charge in [0.2, 0.25) is 0 Å². The fraction of sp³-hybridized carbons (Fsp3) is 0.500. The Morgan fingerprint density at radius 1 is 1.47 bits per heavy atom. The molecule has 1 heterocycles. The number of nitrogens with one attached hydrogen (secondary N) is 1. The van der Waals surface area contributed by atoms with Gasteiger partial charge in [0.05, 0.1) is 10.2 Å². The van der Waals surface area contributed by atoms with E-state index in [0.29, 0.717) is 6.04 Å². The number of nitrogens with zero attached hydrogens (tertiary/aromatic N) is 1. The van der Waals surface area contributed by atoms with Crippen LogP contribution in [0.15, 0.2) is 22.7 Å². The SMILES string of the molecule is CCSC1CCCC1Nc1nc2ccc(Br)cc2s1. The molecule has 1 N–H and O–H groups in total. The zero-order valence-corrected chi connectivity index (χ0v) is 14.1. The first-order chi connectivity index (χ1) is 9.26. The number of halogens is 1. The van der Waals surface area contributed by atoms with Crippen molar-refractivity contribution in [2.75, 3.05) is 11.1 Å². The fourth-order valence-corrected chi connectivity index (χ4v) is 5.30. The molecule has 1 aromatic heterocycles. The van der Waals surface area contributed by atoms with Gasteiger partial charge in [-0.05, 0) is 36.8 Å². The van der Waals surface area contributed by atoms with Gasteiger partial charge < -0.3 is 5.32 Å². The predicted octanol–water partition coefficient (Wildman–Crippen LogP) is 5.14. The summed E-state index contributed by atoms with van der Waals surface area (Å²) in [6.07, 6.45) is 3.95. The molecule has 0 bridgehead atoms. The van der Waals surface area contributed by atoms with E-state index >= 15 is 0 Å². The van der Waals surface area contributed by atoms with Gasteiger partial charge in [0.15, 0.2) is 5.13 Å². The molecule has 19 heavy (non-hydrogen) atoms. The summed E-state index contributed by atoms with van der Waals surface area (Å²) in [6, 6.07) is 6.87. The summed E-state index contributed by atoms with van der Waals surface area (Å²) in [6.45, 7) is 2.25. The Balaban J connectivity index is 1.77. The molecule has 1 aliphatic carbocycles. The molecule has 1 aliphatic rings. The largest absolute Gasteiger partial charge is 0.358 e. The Morgan fingerprint density at radius 2 is 2.37 bits per heavy atom. The van der Waals surface area contributed by atoms with Crippen LogP contribution in [-0.2, 0) is 0 Å². The molecule has 2 nitrogen and oxygen atoms in total. The van der Waals surface area contributed by atoms with Gasteiger partial charge in [-0.25, -0.2) is 4.98 Å². The van der Waals surface area contributed by atoms with Crippen molar-refractivity contribution in [2.45, 2.75) is 37.5 Å². The Bertz CT molecular complexity index is 570. The van der Waals surface area contributed by atoms with Crippen LogP contribution in [-0.4, -0.2) is 22.0 Å². The average molecular weight is 357 g/mol. The van der Waals surface area contributed by atoms with Crippen LogP contribution in [0.3, 0.4) is 0 Å². The maximum absolute atomic E-state index is 4.69. The summed E-state index contributed by atoms with van der Waals surface area (Å²) in [5.41, 5.74) is 1.09. The first-order valence-corrected chi connectivity index (χ1v) is 9.36. The van der Waals surface area contributed by atoms with Crippen LogP contribution in [0.1, 0.15) is 26.2 Å². The van der Waals surface area contributed by atoms with Crippen molar-refractivity contribution in [1.82, 2.24) is 4.98 Å². The standard InChI is InChI=1S/C14H17BrN2S2/c1-2-18-12-5-3-4-10(12)16-14-17-11-7-6-9(15)8-13(11)19-14/h6-8,10,12H,2-5H2,1H3,(H,16,17). The number of hydrogen-bond donors (Lipinski definition) is 1. The lowest BCUT2D eigenvalue weighted by Crippen LogP contribution is -2.26. The lowest BCUT2D eigenvalue weighted by atomic mass is 10.2. The van der Waals surface area contributed by atoms with E-state index in [0.717, 1.165) is 20.4 Å². The molecule has 3 rings (SSSR count). The van der Waals surface area contributed by atoms with Crippen LogP contribution in [0.5, 0.6) is 0 Å². The third-order valence-corrected chi connectivity index (χ3v) is 6.26. The number of thioether (sulfide) groups is 1. The monoisotopic (exact) mass is 356 g/mol. The minimum absolute atomic E-state index is 0.592. The summed E-state index contributed by atoms with van der Waals surface area (Å²) < 4.78 is 2.37. The number of fused-ring (bicyclic) bond motifs is 1. The summed E-state index contributed by atoms with van der Waals surface area (Å²) in [4.78, 5) is 4.69. The van der Waals surface area contributed by atoms with E-state index < -0.39 is 0 Å². The Labute approximate surface area is 130 Å². The summed E-state index contributed by atoms with van der Waals surface area (Å²) in [5, 5.41) is 5.48. The zero-order chi connectivity index (χ0) is 13.2. The third-order valence-electron chi connectivity index (χ3n) is 3.49. The Kier molecular flexibility index (Phi) is 4.34. The van der Waals surface area contributed by atoms with Crippen LogP contribution >= 0.6 is 39.0 Å². The van der Waals surface area contributed by atoms with Gasteiger partial charge in [0.25, 0.3) is 0 Å². The molecule has 1 saturated carbocycles. The van der Waals surface area contributed by atoms with Crippen LogP contribution in [0.25, 0.3) is 10.2 Å². The molecule has 0 aliphatic heterocycles. The predicted molar refractivity (Wildman–Crippen MR) is 90.5 cm³/mol. The topological polar surface area (TPSA) is 24.9 Å². The van der Waals surface area contributed by atoms with Crippen LogP contribution in [0.2, 0.25) is 0 Å². The first kappa shape index (κ1) is 13.7. The molecular formula is C14H17BrN2S2. The average Bonchev–Trinajstić information content (AvgIpc) is 2.97. The quantitative estimate of drug-likeness (QED) is 0.820. The molecular weight excluding hydrogens is 340 g/mol. The van der Waals surface area contributed by atoms with Crippen LogP contribution in [0, 0.1) is 0 Å². The summed E-state index contributed by atoms with van der Waals surface area (Å²) >= 11 is 7.35. The van der Waals surface area contributed by atoms with E-state index in [-0.39, 0.29) is 0 Å². The van der Waals surface area contributed by atoms with Crippen LogP contribution in [0.4, 0.5) is 5.13 Å². The molecule has 0 radical (unpaired) electrons. The molecule has 0 saturated heterocycles. The van der Waals surface area contributed by atoms with E-state index in [1.54, 1.807) is 11.3 Å². The minimum atomic E-state index is 0.592. The normalized spacial score (nSPS) is 23.1. The van der Waals surface area contributed by atoms with Crippen molar-refractivity contribution in [3.05, 3.63) is 22.7 Å². The number of rotatable bonds is 4. The van der Waals surface area contributed by atoms with Gasteiger partial charge in [-0.3, -0.25) is 0 Å². The maximum Gasteiger partial charge on any atom is 0.184 e. The number of thiazole rings is 1. The maximum atomic E-state index is 4.69. The molecule has 2 unspecified atom stereocenters. The van der Waals surface area contributed by atoms with Crippen molar-refractivity contribution in [1.29, 1.82) is 0 Å². The molecule has 0 spiro atoms. The van der Waals surface area contributed by atoms with Crippen molar-refractivity contribution >= 4 is 54.4 Å². The molecule has 2 atom stereocenters. The molecule has 5 heteroatoms. The molecule has 1 fully saturated rings. The van der Waals surface area contributed by atoms with Gasteiger partial charge in [-0.1, -0.05) is 40.6 Å². The zero-order valence-electron chi connectivity index (χ0n) is 10.9. The van der Waals surface area contributed by atoms with Crippen molar-refractivity contribution in [2.24, 2.45) is 0 Å². The Hall–Kier alpha value is -0.260. The minimum Gasteiger partial charge on any atom is -0.358 e. The highest BCUT2D eigenvalue weighted by Gasteiger charge is 2.27. The molecule has 0 amide bonds. The molecule has 102 valence electrons. The van der Waals surface area contributed by atoms with E-state index in [9.17, 15) is 0 Å². The number of hydrogen-bond acceptors (Lipinski definition) is 4. The number of benzene rings is 1. The number of anilines is 1. The smallest absolute Gasteiger partial charge is 0.184 e. The van der Waals surface area contributed by atoms with Gasteiger partial charge >= 0.3 is 0 Å². The summed E-state index contributed by atoms with van der Waals surface area (Å²) in [7, 11) is 0. The lowest BCUT2D eigenvalue weighted by Gasteiger charge is -2.19. The van der Waals surface area contributed by atoms with Crippen molar-refractivity contribution in [3.8, 4) is 0 Å². The highest BCUT2D eigenvalue weighted by atomic mass is 79.9. The van der Waals surface area contributed by atoms with Gasteiger partial charge in [0.1, 0.15) is 0 Å². The highest BCUT2D eigenvalue weighted by molar-refractivity contribution is 9.10. The van der Waals surface area contributed by atoms with Crippen molar-refractivity contribution < 1.29 is 0 Å². The highest BCUT2D eigenvalue weighted by Crippen LogP contribution is 2.34. The van der Waals surface area contributed by atoms with Gasteiger partial charge in [-0.2, -0.15) is 11.8 Å². The Morgan fingerprint density at radius 3 is 3.21 bits per heavy atom. The summed E-state index contributed by atoms with van der Waals surface area (Å²) in [5.74, 6) is 1.20. The van der Waals surface area contributed by atoms with E-state index in [2.05, 4.69) is 63.1 Å². The second-order valence-electron chi connectivity index (χ2n) is 4.81. The first-order valence-electron chi connectivity index (χ1n) is 6.70. The van der Waals surface area contributed by atoms with E-state index in [4.69, 9.17) is 0 Å². The third kappa shape index (κ3) is 3.09. The molecule has 1 aromatic carbocycles. The lowest BCUT2D eigenvalue weighted by molar-refractivity contribution is 0.767. The van der Waals surface area contributed by atoms with E-state index in [1.165, 1.54) is 29.7 Å². The fourth-order valence-electron chi connectivity index (χ4n) is 2.62. The number of aromatic nitrogens is 1. The van der Waals surface area contributed by atoms with Gasteiger partial charge in [0, 0.05) is 15.8 Å². The van der Waals surface area contributed by atoms with Crippen molar-refractivity contribution in [3.63, 3.8) is 0 Å². The van der Waals surface area contributed by atoms with Crippen LogP contribution < -0.4 is 5.32 Å².